The van der Waals surface area contributed by atoms with Gasteiger partial charge in [-0.15, -0.1) is 0 Å². The maximum absolute atomic E-state index is 9.46. The fraction of sp³-hybridized carbons (Fsp3) is 1.00. The third-order valence-corrected chi connectivity index (χ3v) is 3.67. The van der Waals surface area contributed by atoms with Gasteiger partial charge in [0.05, 0.1) is 13.2 Å². The highest BCUT2D eigenvalue weighted by Crippen LogP contribution is 2.25. The summed E-state index contributed by atoms with van der Waals surface area (Å²) in [5, 5.41) is 11.0. The molecular weight excluding hydrogens is 282 g/mol. The van der Waals surface area contributed by atoms with Crippen molar-refractivity contribution in [1.29, 1.82) is 0 Å². The van der Waals surface area contributed by atoms with Crippen LogP contribution in [0.5, 0.6) is 0 Å². The Morgan fingerprint density at radius 1 is 1.23 bits per heavy atom. The highest BCUT2D eigenvalue weighted by Gasteiger charge is 2.27. The van der Waals surface area contributed by atoms with Crippen molar-refractivity contribution in [3.63, 3.8) is 0 Å². The molecule has 1 unspecified atom stereocenters. The van der Waals surface area contributed by atoms with Gasteiger partial charge in [0.15, 0.2) is 0 Å². The van der Waals surface area contributed by atoms with Crippen LogP contribution >= 0.6 is 0 Å². The number of ether oxygens (including phenoxy) is 1. The van der Waals surface area contributed by atoms with Gasteiger partial charge in [0.25, 0.3) is 0 Å². The van der Waals surface area contributed by atoms with E-state index in [9.17, 15) is 5.11 Å². The van der Waals surface area contributed by atoms with Gasteiger partial charge >= 0.3 is 0 Å². The number of aliphatic hydroxyl groups is 1. The average Bonchev–Trinajstić information content (AvgIpc) is 2.85. The molecule has 0 heterocycles. The molecule has 6 nitrogen and oxygen atoms in total. The lowest BCUT2D eigenvalue weighted by atomic mass is 10.0. The van der Waals surface area contributed by atoms with E-state index in [1.165, 1.54) is 12.8 Å². The lowest BCUT2D eigenvalue weighted by molar-refractivity contribution is -0.279. The summed E-state index contributed by atoms with van der Waals surface area (Å²) in [6, 6.07) is 0. The molecule has 1 rings (SSSR count). The molecule has 0 aromatic rings. The highest BCUT2D eigenvalue weighted by molar-refractivity contribution is 4.89. The number of nitrogens with zero attached hydrogens (tertiary/aromatic N) is 1. The summed E-state index contributed by atoms with van der Waals surface area (Å²) in [6.07, 6.45) is 4.19. The third kappa shape index (κ3) is 9.02. The fourth-order valence-corrected chi connectivity index (χ4v) is 2.48. The number of nitrogens with two attached hydrogens (primary N) is 2. The maximum Gasteiger partial charge on any atom is 0.127 e. The van der Waals surface area contributed by atoms with Crippen LogP contribution in [0.3, 0.4) is 0 Å². The van der Waals surface area contributed by atoms with Gasteiger partial charge in [-0.3, -0.25) is 4.84 Å². The Hall–Kier alpha value is -0.240. The van der Waals surface area contributed by atoms with Crippen molar-refractivity contribution >= 4 is 0 Å². The quantitative estimate of drug-likeness (QED) is 0.375. The van der Waals surface area contributed by atoms with Gasteiger partial charge in [-0.05, 0) is 47.5 Å². The first kappa shape index (κ1) is 21.8. The second-order valence-electron chi connectivity index (χ2n) is 6.93. The summed E-state index contributed by atoms with van der Waals surface area (Å²) >= 11 is 0. The molecule has 0 saturated heterocycles. The molecule has 0 aromatic carbocycles. The van der Waals surface area contributed by atoms with Crippen molar-refractivity contribution in [2.45, 2.75) is 77.6 Å². The largest absolute Gasteiger partial charge is 0.379 e. The maximum atomic E-state index is 9.46. The first-order valence-corrected chi connectivity index (χ1v) is 8.33. The van der Waals surface area contributed by atoms with Gasteiger partial charge < -0.3 is 21.3 Å². The zero-order chi connectivity index (χ0) is 17.2. The Morgan fingerprint density at radius 3 is 2.09 bits per heavy atom. The van der Waals surface area contributed by atoms with Crippen molar-refractivity contribution in [3.05, 3.63) is 0 Å². The molecule has 1 fully saturated rings. The first-order chi connectivity index (χ1) is 10.2. The summed E-state index contributed by atoms with van der Waals surface area (Å²) in [7, 11) is 0. The van der Waals surface area contributed by atoms with Crippen molar-refractivity contribution in [2.24, 2.45) is 11.5 Å². The zero-order valence-corrected chi connectivity index (χ0v) is 15.1. The Labute approximate surface area is 136 Å². The molecule has 1 saturated carbocycles. The van der Waals surface area contributed by atoms with E-state index < -0.39 is 6.23 Å². The number of rotatable bonds is 7. The molecule has 22 heavy (non-hydrogen) atoms. The smallest absolute Gasteiger partial charge is 0.127 e. The molecule has 0 bridgehead atoms. The molecule has 6 heteroatoms. The molecular formula is C16H37N3O3. The minimum absolute atomic E-state index is 0.0139. The molecule has 1 atom stereocenters. The summed E-state index contributed by atoms with van der Waals surface area (Å²) in [5.41, 5.74) is 11.1. The van der Waals surface area contributed by atoms with E-state index >= 15 is 0 Å². The van der Waals surface area contributed by atoms with E-state index in [0.717, 1.165) is 12.8 Å². The molecule has 134 valence electrons. The minimum Gasteiger partial charge on any atom is -0.379 e. The lowest BCUT2D eigenvalue weighted by Gasteiger charge is -2.36. The lowest BCUT2D eigenvalue weighted by Crippen LogP contribution is -2.47. The van der Waals surface area contributed by atoms with Gasteiger partial charge in [0.1, 0.15) is 6.23 Å². The molecule has 0 aliphatic heterocycles. The zero-order valence-electron chi connectivity index (χ0n) is 15.1. The highest BCUT2D eigenvalue weighted by atomic mass is 16.7. The number of aliphatic hydroxyl groups excluding tert-OH is 1. The monoisotopic (exact) mass is 319 g/mol. The van der Waals surface area contributed by atoms with E-state index in [-0.39, 0.29) is 11.1 Å². The number of hydrogen-bond donors (Lipinski definition) is 3. The van der Waals surface area contributed by atoms with Crippen LogP contribution in [0.25, 0.3) is 0 Å². The molecule has 1 aliphatic rings. The molecule has 5 N–H and O–H groups in total. The summed E-state index contributed by atoms with van der Waals surface area (Å²) < 4.78 is 5.14. The minimum atomic E-state index is -0.614. The summed E-state index contributed by atoms with van der Waals surface area (Å²) in [6.45, 7) is 12.0. The van der Waals surface area contributed by atoms with Gasteiger partial charge in [-0.2, -0.15) is 5.06 Å². The van der Waals surface area contributed by atoms with E-state index in [4.69, 9.17) is 21.0 Å². The Kier molecular flexibility index (Phi) is 10.4. The topological polar surface area (TPSA) is 94.0 Å². The standard InChI is InChI=1S/C10H23NO3.C6H14N2/c1-6-13-7-8-14-11(9(2)12)10(3,4)5;7-5-6(8)3-1-2-4-6/h9,12H,6-8H2,1-5H3;1-5,7-8H2. The SMILES string of the molecule is CCOCCON(C(C)O)C(C)(C)C.NCC1(N)CCCC1. The van der Waals surface area contributed by atoms with Crippen LogP contribution in [-0.2, 0) is 9.57 Å². The van der Waals surface area contributed by atoms with E-state index in [1.807, 2.05) is 27.7 Å². The van der Waals surface area contributed by atoms with E-state index in [1.54, 1.807) is 12.0 Å². The average molecular weight is 319 g/mol. The van der Waals surface area contributed by atoms with Crippen LogP contribution in [0, 0.1) is 0 Å². The van der Waals surface area contributed by atoms with Crippen molar-refractivity contribution in [1.82, 2.24) is 5.06 Å². The van der Waals surface area contributed by atoms with Crippen molar-refractivity contribution in [3.8, 4) is 0 Å². The van der Waals surface area contributed by atoms with Crippen LogP contribution in [0.1, 0.15) is 60.3 Å². The first-order valence-electron chi connectivity index (χ1n) is 8.33. The Balaban J connectivity index is 0.000000461. The van der Waals surface area contributed by atoms with Crippen LogP contribution in [0.4, 0.5) is 0 Å². The molecule has 0 radical (unpaired) electrons. The molecule has 1 aliphatic carbocycles. The van der Waals surface area contributed by atoms with Crippen LogP contribution in [0.2, 0.25) is 0 Å². The second-order valence-corrected chi connectivity index (χ2v) is 6.93. The Bertz CT molecular complexity index is 274. The van der Waals surface area contributed by atoms with Crippen LogP contribution in [0.15, 0.2) is 0 Å². The predicted octanol–water partition coefficient (Wildman–Crippen LogP) is 1.61. The number of hydrogen-bond acceptors (Lipinski definition) is 6. The van der Waals surface area contributed by atoms with Crippen LogP contribution in [-0.4, -0.2) is 53.8 Å². The van der Waals surface area contributed by atoms with Gasteiger partial charge in [-0.1, -0.05) is 12.8 Å². The normalized spacial score (nSPS) is 19.0. The van der Waals surface area contributed by atoms with E-state index in [2.05, 4.69) is 0 Å². The molecule has 0 amide bonds. The second kappa shape index (κ2) is 10.5. The van der Waals surface area contributed by atoms with Crippen LogP contribution < -0.4 is 11.5 Å². The predicted molar refractivity (Wildman–Crippen MR) is 90.2 cm³/mol. The fourth-order valence-electron chi connectivity index (χ4n) is 2.48. The van der Waals surface area contributed by atoms with E-state index in [0.29, 0.717) is 26.4 Å². The molecule has 0 spiro atoms. The van der Waals surface area contributed by atoms with Crippen molar-refractivity contribution in [2.75, 3.05) is 26.4 Å². The van der Waals surface area contributed by atoms with Gasteiger partial charge in [-0.25, -0.2) is 0 Å². The number of hydroxylamine groups is 2. The van der Waals surface area contributed by atoms with Crippen molar-refractivity contribution < 1.29 is 14.7 Å². The van der Waals surface area contributed by atoms with Gasteiger partial charge in [0.2, 0.25) is 0 Å². The third-order valence-electron chi connectivity index (χ3n) is 3.67. The summed E-state index contributed by atoms with van der Waals surface area (Å²) in [5.74, 6) is 0. The van der Waals surface area contributed by atoms with Gasteiger partial charge in [0, 0.05) is 24.2 Å². The molecule has 0 aromatic heterocycles. The Morgan fingerprint density at radius 2 is 1.77 bits per heavy atom. The summed E-state index contributed by atoms with van der Waals surface area (Å²) in [4.78, 5) is 5.43.